The maximum Gasteiger partial charge on any atom is 0.356 e. The van der Waals surface area contributed by atoms with Gasteiger partial charge in [0, 0.05) is 12.3 Å². The topological polar surface area (TPSA) is 75.1 Å². The van der Waals surface area contributed by atoms with Crippen molar-refractivity contribution >= 4 is 23.5 Å². The molecule has 0 aromatic carbocycles. The minimum atomic E-state index is -1.06. The molecule has 0 atom stereocenters. The molecule has 0 radical (unpaired) electrons. The van der Waals surface area contributed by atoms with E-state index in [1.54, 1.807) is 17.8 Å². The summed E-state index contributed by atoms with van der Waals surface area (Å²) in [4.78, 5) is 10.4. The Morgan fingerprint density at radius 2 is 2.36 bits per heavy atom. The van der Waals surface area contributed by atoms with E-state index >= 15 is 0 Å². The fraction of sp³-hybridized carbons (Fsp3) is 0.375. The van der Waals surface area contributed by atoms with Gasteiger partial charge in [-0.25, -0.2) is 4.79 Å². The molecule has 0 unspecified atom stereocenters. The van der Waals surface area contributed by atoms with E-state index in [-0.39, 0.29) is 5.69 Å². The maximum absolute atomic E-state index is 10.4. The van der Waals surface area contributed by atoms with E-state index in [1.807, 2.05) is 6.26 Å². The first-order chi connectivity index (χ1) is 6.74. The lowest BCUT2D eigenvalue weighted by Crippen LogP contribution is -2.08. The molecule has 1 aromatic heterocycles. The van der Waals surface area contributed by atoms with Gasteiger partial charge >= 0.3 is 5.97 Å². The van der Waals surface area contributed by atoms with E-state index < -0.39 is 5.97 Å². The van der Waals surface area contributed by atoms with Crippen molar-refractivity contribution in [2.75, 3.05) is 23.9 Å². The molecule has 2 N–H and O–H groups in total. The summed E-state index contributed by atoms with van der Waals surface area (Å²) in [5.74, 6) is 0.514. The van der Waals surface area contributed by atoms with Crippen molar-refractivity contribution in [2.24, 2.45) is 0 Å². The average Bonchev–Trinajstić information content (AvgIpc) is 2.19. The molecule has 0 saturated carbocycles. The van der Waals surface area contributed by atoms with Gasteiger partial charge in [-0.2, -0.15) is 11.8 Å². The van der Waals surface area contributed by atoms with Gasteiger partial charge in [0.1, 0.15) is 5.82 Å². The van der Waals surface area contributed by atoms with Crippen LogP contribution in [-0.2, 0) is 0 Å². The number of aromatic nitrogens is 2. The Morgan fingerprint density at radius 3 is 2.86 bits per heavy atom. The Morgan fingerprint density at radius 1 is 1.57 bits per heavy atom. The highest BCUT2D eigenvalue weighted by Gasteiger charge is 2.03. The number of hydrogen-bond acceptors (Lipinski definition) is 5. The fourth-order valence-electron chi connectivity index (χ4n) is 0.822. The predicted molar refractivity (Wildman–Crippen MR) is 55.9 cm³/mol. The van der Waals surface area contributed by atoms with Crippen LogP contribution in [0.2, 0.25) is 0 Å². The minimum Gasteiger partial charge on any atom is -0.476 e. The van der Waals surface area contributed by atoms with Crippen LogP contribution in [0.5, 0.6) is 0 Å². The average molecular weight is 213 g/mol. The van der Waals surface area contributed by atoms with Gasteiger partial charge in [0.15, 0.2) is 5.69 Å². The van der Waals surface area contributed by atoms with Crippen molar-refractivity contribution < 1.29 is 9.90 Å². The molecule has 0 saturated heterocycles. The summed E-state index contributed by atoms with van der Waals surface area (Å²) in [5, 5.41) is 18.8. The number of carboxylic acid groups (broad SMARTS) is 1. The summed E-state index contributed by atoms with van der Waals surface area (Å²) in [7, 11) is 0. The van der Waals surface area contributed by atoms with E-state index in [0.29, 0.717) is 5.82 Å². The summed E-state index contributed by atoms with van der Waals surface area (Å²) in [5.41, 5.74) is -0.0413. The third-order valence-corrected chi connectivity index (χ3v) is 2.11. The van der Waals surface area contributed by atoms with Crippen molar-refractivity contribution in [3.63, 3.8) is 0 Å². The number of nitrogens with zero attached hydrogens (tertiary/aromatic N) is 2. The van der Waals surface area contributed by atoms with Crippen molar-refractivity contribution in [3.8, 4) is 0 Å². The molecule has 0 aliphatic heterocycles. The van der Waals surface area contributed by atoms with Crippen molar-refractivity contribution in [1.82, 2.24) is 10.2 Å². The second-order valence-corrected chi connectivity index (χ2v) is 3.51. The van der Waals surface area contributed by atoms with Gasteiger partial charge in [0.05, 0.1) is 0 Å². The zero-order chi connectivity index (χ0) is 10.4. The molecule has 0 aliphatic rings. The van der Waals surface area contributed by atoms with Crippen LogP contribution in [0.1, 0.15) is 10.5 Å². The number of thioether (sulfide) groups is 1. The van der Waals surface area contributed by atoms with Crippen molar-refractivity contribution in [2.45, 2.75) is 0 Å². The molecule has 1 rings (SSSR count). The number of aromatic carboxylic acids is 1. The molecule has 5 nitrogen and oxygen atoms in total. The minimum absolute atomic E-state index is 0.0413. The second kappa shape index (κ2) is 5.43. The molecule has 76 valence electrons. The maximum atomic E-state index is 10.4. The molecule has 0 bridgehead atoms. The smallest absolute Gasteiger partial charge is 0.356 e. The van der Waals surface area contributed by atoms with Crippen LogP contribution >= 0.6 is 11.8 Å². The van der Waals surface area contributed by atoms with Gasteiger partial charge in [-0.1, -0.05) is 0 Å². The first-order valence-corrected chi connectivity index (χ1v) is 5.43. The fourth-order valence-corrected chi connectivity index (χ4v) is 1.13. The second-order valence-electron chi connectivity index (χ2n) is 2.53. The molecule has 14 heavy (non-hydrogen) atoms. The van der Waals surface area contributed by atoms with Crippen LogP contribution in [0.4, 0.5) is 5.82 Å². The van der Waals surface area contributed by atoms with Gasteiger partial charge in [-0.15, -0.1) is 10.2 Å². The third-order valence-electron chi connectivity index (χ3n) is 1.50. The Kier molecular flexibility index (Phi) is 4.18. The SMILES string of the molecule is CSCCNc1ccc(C(=O)O)nn1. The first-order valence-electron chi connectivity index (χ1n) is 4.04. The molecule has 0 fully saturated rings. The lowest BCUT2D eigenvalue weighted by Gasteiger charge is -2.02. The Balaban J connectivity index is 2.51. The van der Waals surface area contributed by atoms with Gasteiger partial charge in [0.25, 0.3) is 0 Å². The van der Waals surface area contributed by atoms with Crippen LogP contribution < -0.4 is 5.32 Å². The summed E-state index contributed by atoms with van der Waals surface area (Å²) in [6.45, 7) is 0.794. The molecular weight excluding hydrogens is 202 g/mol. The van der Waals surface area contributed by atoms with Crippen molar-refractivity contribution in [3.05, 3.63) is 17.8 Å². The van der Waals surface area contributed by atoms with E-state index in [2.05, 4.69) is 15.5 Å². The largest absolute Gasteiger partial charge is 0.476 e. The quantitative estimate of drug-likeness (QED) is 0.709. The van der Waals surface area contributed by atoms with E-state index in [4.69, 9.17) is 5.11 Å². The number of rotatable bonds is 5. The predicted octanol–water partition coefficient (Wildman–Crippen LogP) is 0.950. The zero-order valence-electron chi connectivity index (χ0n) is 7.73. The van der Waals surface area contributed by atoms with Gasteiger partial charge in [-0.05, 0) is 18.4 Å². The van der Waals surface area contributed by atoms with E-state index in [1.165, 1.54) is 6.07 Å². The lowest BCUT2D eigenvalue weighted by atomic mass is 10.4. The van der Waals surface area contributed by atoms with Crippen LogP contribution in [-0.4, -0.2) is 39.8 Å². The Bertz CT molecular complexity index is 302. The highest BCUT2D eigenvalue weighted by Crippen LogP contribution is 2.02. The molecular formula is C8H11N3O2S. The van der Waals surface area contributed by atoms with Crippen molar-refractivity contribution in [1.29, 1.82) is 0 Å². The molecule has 0 amide bonds. The monoisotopic (exact) mass is 213 g/mol. The number of nitrogens with one attached hydrogen (secondary N) is 1. The van der Waals surface area contributed by atoms with Gasteiger partial charge < -0.3 is 10.4 Å². The molecule has 0 spiro atoms. The summed E-state index contributed by atoms with van der Waals surface area (Å²) >= 11 is 1.72. The van der Waals surface area contributed by atoms with Crippen LogP contribution in [0.15, 0.2) is 12.1 Å². The zero-order valence-corrected chi connectivity index (χ0v) is 8.54. The number of hydrogen-bond donors (Lipinski definition) is 2. The van der Waals surface area contributed by atoms with Crippen LogP contribution in [0.25, 0.3) is 0 Å². The highest BCUT2D eigenvalue weighted by atomic mass is 32.2. The molecule has 1 aromatic rings. The van der Waals surface area contributed by atoms with Crippen LogP contribution in [0.3, 0.4) is 0 Å². The van der Waals surface area contributed by atoms with Gasteiger partial charge in [-0.3, -0.25) is 0 Å². The van der Waals surface area contributed by atoms with E-state index in [0.717, 1.165) is 12.3 Å². The molecule has 0 aliphatic carbocycles. The number of anilines is 1. The Labute approximate surface area is 85.9 Å². The Hall–Kier alpha value is -1.30. The molecule has 6 heteroatoms. The standard InChI is InChI=1S/C8H11N3O2S/c1-14-5-4-9-7-3-2-6(8(12)13)10-11-7/h2-3H,4-5H2,1H3,(H,9,11)(H,12,13). The number of carboxylic acids is 1. The summed E-state index contributed by atoms with van der Waals surface area (Å²) in [6.07, 6.45) is 2.01. The normalized spacial score (nSPS) is 9.79. The third kappa shape index (κ3) is 3.21. The van der Waals surface area contributed by atoms with Crippen LogP contribution in [0, 0.1) is 0 Å². The summed E-state index contributed by atoms with van der Waals surface area (Å²) < 4.78 is 0. The number of carbonyl (C=O) groups is 1. The molecule has 1 heterocycles. The van der Waals surface area contributed by atoms with Gasteiger partial charge in [0.2, 0.25) is 0 Å². The summed E-state index contributed by atoms with van der Waals surface area (Å²) in [6, 6.07) is 3.04. The highest BCUT2D eigenvalue weighted by molar-refractivity contribution is 7.98. The lowest BCUT2D eigenvalue weighted by molar-refractivity contribution is 0.0689. The first kappa shape index (κ1) is 10.8. The van der Waals surface area contributed by atoms with E-state index in [9.17, 15) is 4.79 Å².